The van der Waals surface area contributed by atoms with Crippen LogP contribution >= 0.6 is 12.6 Å². The van der Waals surface area contributed by atoms with Crippen LogP contribution in [-0.4, -0.2) is 43.5 Å². The van der Waals surface area contributed by atoms with Crippen molar-refractivity contribution in [2.45, 2.75) is 12.8 Å². The van der Waals surface area contributed by atoms with Crippen molar-refractivity contribution in [2.24, 2.45) is 0 Å². The molecule has 0 amide bonds. The molecule has 0 radical (unpaired) electrons. The van der Waals surface area contributed by atoms with Gasteiger partial charge in [-0.3, -0.25) is 0 Å². The van der Waals surface area contributed by atoms with E-state index < -0.39 is 0 Å². The maximum absolute atomic E-state index is 8.36. The van der Waals surface area contributed by atoms with Crippen molar-refractivity contribution < 1.29 is 5.11 Å². The van der Waals surface area contributed by atoms with Gasteiger partial charge in [0.05, 0.1) is 0 Å². The topological polar surface area (TPSA) is 23.5 Å². The molecule has 0 aliphatic carbocycles. The van der Waals surface area contributed by atoms with E-state index in [1.807, 2.05) is 14.1 Å². The zero-order valence-electron chi connectivity index (χ0n) is 7.17. The van der Waals surface area contributed by atoms with E-state index in [9.17, 15) is 0 Å². The summed E-state index contributed by atoms with van der Waals surface area (Å²) in [6.07, 6.45) is 3.72. The summed E-state index contributed by atoms with van der Waals surface area (Å²) < 4.78 is 0. The first-order chi connectivity index (χ1) is 4.77. The molecular weight excluding hydrogens is 146 g/mol. The van der Waals surface area contributed by atoms with Crippen molar-refractivity contribution in [3.05, 3.63) is 0 Å². The number of rotatable bonds is 4. The molecule has 0 aromatic heterocycles. The van der Waals surface area contributed by atoms with Crippen LogP contribution < -0.4 is 0 Å². The van der Waals surface area contributed by atoms with E-state index in [1.165, 1.54) is 0 Å². The molecule has 0 unspecified atom stereocenters. The highest BCUT2D eigenvalue weighted by molar-refractivity contribution is 7.79. The second kappa shape index (κ2) is 12.0. The lowest BCUT2D eigenvalue weighted by Crippen LogP contribution is -2.12. The van der Waals surface area contributed by atoms with Crippen LogP contribution in [0.5, 0.6) is 0 Å². The molecule has 10 heavy (non-hydrogen) atoms. The van der Waals surface area contributed by atoms with Gasteiger partial charge in [0.15, 0.2) is 0 Å². The Morgan fingerprint density at radius 3 is 2.00 bits per heavy atom. The van der Waals surface area contributed by atoms with E-state index in [2.05, 4.69) is 17.5 Å². The molecule has 0 spiro atoms. The number of hydrogen-bond acceptors (Lipinski definition) is 3. The molecule has 0 fully saturated rings. The second-order valence-electron chi connectivity index (χ2n) is 2.23. The molecule has 64 valence electrons. The summed E-state index contributed by atoms with van der Waals surface area (Å²) in [5.74, 6) is 0. The molecule has 0 aromatic carbocycles. The lowest BCUT2D eigenvalue weighted by Gasteiger charge is -2.06. The Morgan fingerprint density at radius 2 is 1.70 bits per heavy atom. The van der Waals surface area contributed by atoms with Crippen molar-refractivity contribution in [1.29, 1.82) is 0 Å². The van der Waals surface area contributed by atoms with Crippen LogP contribution in [0.3, 0.4) is 0 Å². The molecule has 0 atom stereocenters. The number of aliphatic hydroxyl groups excluding tert-OH is 1. The van der Waals surface area contributed by atoms with Gasteiger partial charge >= 0.3 is 0 Å². The van der Waals surface area contributed by atoms with Gasteiger partial charge in [-0.1, -0.05) is 0 Å². The molecule has 0 saturated carbocycles. The fraction of sp³-hybridized carbons (Fsp3) is 1.00. The average molecular weight is 165 g/mol. The zero-order valence-corrected chi connectivity index (χ0v) is 8.06. The van der Waals surface area contributed by atoms with Crippen molar-refractivity contribution in [3.8, 4) is 0 Å². The Bertz CT molecular complexity index is 50.9. The molecule has 0 aromatic rings. The minimum atomic E-state index is 0.327. The standard InChI is InChI=1S/C6H15NO.CH4S/c1-7(2)5-3-4-6-8;1-2/h8H,3-6H2,1-2H3;2H,1H3. The van der Waals surface area contributed by atoms with Crippen LogP contribution in [0, 0.1) is 0 Å². The highest BCUT2D eigenvalue weighted by atomic mass is 32.1. The molecule has 0 heterocycles. The van der Waals surface area contributed by atoms with Gasteiger partial charge in [-0.05, 0) is 39.7 Å². The molecule has 0 bridgehead atoms. The largest absolute Gasteiger partial charge is 0.396 e. The van der Waals surface area contributed by atoms with Crippen LogP contribution in [0.2, 0.25) is 0 Å². The van der Waals surface area contributed by atoms with E-state index >= 15 is 0 Å². The first kappa shape index (κ1) is 12.9. The molecule has 0 rings (SSSR count). The van der Waals surface area contributed by atoms with E-state index in [0.29, 0.717) is 6.61 Å². The summed E-state index contributed by atoms with van der Waals surface area (Å²) in [6.45, 7) is 1.41. The summed E-state index contributed by atoms with van der Waals surface area (Å²) >= 11 is 3.53. The fourth-order valence-corrected chi connectivity index (χ4v) is 0.540. The van der Waals surface area contributed by atoms with Gasteiger partial charge in [0.2, 0.25) is 0 Å². The third-order valence-electron chi connectivity index (χ3n) is 1.01. The Hall–Kier alpha value is 0.270. The molecule has 0 aliphatic heterocycles. The molecule has 0 aliphatic rings. The Labute approximate surface area is 69.6 Å². The van der Waals surface area contributed by atoms with E-state index in [1.54, 1.807) is 6.26 Å². The van der Waals surface area contributed by atoms with E-state index in [4.69, 9.17) is 5.11 Å². The summed E-state index contributed by atoms with van der Waals surface area (Å²) in [5, 5.41) is 8.36. The van der Waals surface area contributed by atoms with Crippen LogP contribution in [0.25, 0.3) is 0 Å². The number of unbranched alkanes of at least 4 members (excludes halogenated alkanes) is 1. The van der Waals surface area contributed by atoms with Gasteiger partial charge in [-0.25, -0.2) is 0 Å². The lowest BCUT2D eigenvalue weighted by molar-refractivity contribution is 0.273. The van der Waals surface area contributed by atoms with Crippen LogP contribution in [0.4, 0.5) is 0 Å². The summed E-state index contributed by atoms with van der Waals surface area (Å²) in [5.41, 5.74) is 0. The van der Waals surface area contributed by atoms with Crippen LogP contribution in [0.15, 0.2) is 0 Å². The number of aliphatic hydroxyl groups is 1. The van der Waals surface area contributed by atoms with Crippen molar-refractivity contribution in [2.75, 3.05) is 33.5 Å². The predicted molar refractivity (Wildman–Crippen MR) is 49.8 cm³/mol. The van der Waals surface area contributed by atoms with Crippen molar-refractivity contribution in [1.82, 2.24) is 4.90 Å². The Morgan fingerprint density at radius 1 is 1.20 bits per heavy atom. The molecule has 3 heteroatoms. The normalized spacial score (nSPS) is 9.00. The zero-order chi connectivity index (χ0) is 8.41. The maximum atomic E-state index is 8.36. The van der Waals surface area contributed by atoms with Gasteiger partial charge < -0.3 is 10.0 Å². The predicted octanol–water partition coefficient (Wildman–Crippen LogP) is 0.867. The van der Waals surface area contributed by atoms with Gasteiger partial charge in [-0.2, -0.15) is 12.6 Å². The van der Waals surface area contributed by atoms with E-state index in [-0.39, 0.29) is 0 Å². The first-order valence-corrected chi connectivity index (χ1v) is 4.37. The molecule has 0 saturated heterocycles. The fourth-order valence-electron chi connectivity index (χ4n) is 0.540. The SMILES string of the molecule is CN(C)CCCCO.CS. The van der Waals surface area contributed by atoms with Crippen molar-refractivity contribution >= 4 is 12.6 Å². The van der Waals surface area contributed by atoms with Gasteiger partial charge in [0.1, 0.15) is 0 Å². The van der Waals surface area contributed by atoms with Gasteiger partial charge in [0, 0.05) is 6.61 Å². The van der Waals surface area contributed by atoms with E-state index in [0.717, 1.165) is 19.4 Å². The maximum Gasteiger partial charge on any atom is 0.0431 e. The van der Waals surface area contributed by atoms with Crippen LogP contribution in [-0.2, 0) is 0 Å². The second-order valence-corrected chi connectivity index (χ2v) is 2.23. The minimum Gasteiger partial charge on any atom is -0.396 e. The summed E-state index contributed by atoms with van der Waals surface area (Å²) in [4.78, 5) is 2.12. The molecular formula is C7H19NOS. The van der Waals surface area contributed by atoms with Crippen LogP contribution in [0.1, 0.15) is 12.8 Å². The Kier molecular flexibility index (Phi) is 15.5. The summed E-state index contributed by atoms with van der Waals surface area (Å²) in [6, 6.07) is 0. The molecule has 2 nitrogen and oxygen atoms in total. The van der Waals surface area contributed by atoms with Crippen molar-refractivity contribution in [3.63, 3.8) is 0 Å². The number of thiol groups is 1. The average Bonchev–Trinajstić information content (AvgIpc) is 1.92. The monoisotopic (exact) mass is 165 g/mol. The summed E-state index contributed by atoms with van der Waals surface area (Å²) in [7, 11) is 4.08. The third kappa shape index (κ3) is 15.7. The Balaban J connectivity index is 0. The van der Waals surface area contributed by atoms with Gasteiger partial charge in [-0.15, -0.1) is 0 Å². The minimum absolute atomic E-state index is 0.327. The number of nitrogens with zero attached hydrogens (tertiary/aromatic N) is 1. The lowest BCUT2D eigenvalue weighted by atomic mass is 10.3. The van der Waals surface area contributed by atoms with Gasteiger partial charge in [0.25, 0.3) is 0 Å². The smallest absolute Gasteiger partial charge is 0.0431 e. The molecule has 1 N–H and O–H groups in total. The highest BCUT2D eigenvalue weighted by Gasteiger charge is 1.87. The third-order valence-corrected chi connectivity index (χ3v) is 1.01. The first-order valence-electron chi connectivity index (χ1n) is 3.47. The quantitative estimate of drug-likeness (QED) is 0.477. The number of hydrogen-bond donors (Lipinski definition) is 2. The highest BCUT2D eigenvalue weighted by Crippen LogP contribution is 1.87.